The standard InChI is InChI=1S/C12H17BrN2O3/c1-12(2,3)18-10(16)5-4-6-17-9-7-14-11(13)15-8-9/h7-8H,4-6H2,1-3H3. The third kappa shape index (κ3) is 6.54. The minimum Gasteiger partial charge on any atom is -0.490 e. The zero-order valence-corrected chi connectivity index (χ0v) is 12.4. The summed E-state index contributed by atoms with van der Waals surface area (Å²) in [7, 11) is 0. The second kappa shape index (κ2) is 6.68. The summed E-state index contributed by atoms with van der Waals surface area (Å²) < 4.78 is 11.1. The van der Waals surface area contributed by atoms with E-state index in [0.29, 0.717) is 29.9 Å². The van der Waals surface area contributed by atoms with Crippen LogP contribution in [-0.2, 0) is 9.53 Å². The van der Waals surface area contributed by atoms with Gasteiger partial charge in [0.2, 0.25) is 0 Å². The molecule has 100 valence electrons. The average Bonchev–Trinajstić information content (AvgIpc) is 2.24. The van der Waals surface area contributed by atoms with E-state index >= 15 is 0 Å². The molecule has 0 aliphatic carbocycles. The lowest BCUT2D eigenvalue weighted by Crippen LogP contribution is -2.23. The van der Waals surface area contributed by atoms with Crippen LogP contribution in [0.5, 0.6) is 5.75 Å². The first-order chi connectivity index (χ1) is 8.37. The van der Waals surface area contributed by atoms with Crippen molar-refractivity contribution in [3.63, 3.8) is 0 Å². The molecule has 0 unspecified atom stereocenters. The summed E-state index contributed by atoms with van der Waals surface area (Å²) in [5, 5.41) is 0. The van der Waals surface area contributed by atoms with Crippen LogP contribution in [0, 0.1) is 0 Å². The first kappa shape index (κ1) is 14.9. The molecule has 0 saturated heterocycles. The van der Waals surface area contributed by atoms with Gasteiger partial charge in [-0.25, -0.2) is 9.97 Å². The number of hydrogen-bond acceptors (Lipinski definition) is 5. The second-order valence-corrected chi connectivity index (χ2v) is 5.44. The minimum atomic E-state index is -0.433. The predicted molar refractivity (Wildman–Crippen MR) is 70.3 cm³/mol. The van der Waals surface area contributed by atoms with Crippen molar-refractivity contribution in [3.8, 4) is 5.75 Å². The van der Waals surface area contributed by atoms with Crippen molar-refractivity contribution in [1.82, 2.24) is 9.97 Å². The Morgan fingerprint density at radius 2 is 1.94 bits per heavy atom. The van der Waals surface area contributed by atoms with Crippen molar-refractivity contribution in [2.45, 2.75) is 39.2 Å². The molecule has 1 heterocycles. The molecule has 0 fully saturated rings. The summed E-state index contributed by atoms with van der Waals surface area (Å²) in [6.45, 7) is 5.98. The molecule has 1 aromatic rings. The molecular weight excluding hydrogens is 300 g/mol. The van der Waals surface area contributed by atoms with E-state index in [0.717, 1.165) is 0 Å². The number of aromatic nitrogens is 2. The Kier molecular flexibility index (Phi) is 5.53. The van der Waals surface area contributed by atoms with Gasteiger partial charge in [-0.05, 0) is 43.1 Å². The maximum absolute atomic E-state index is 11.4. The zero-order valence-electron chi connectivity index (χ0n) is 10.8. The lowest BCUT2D eigenvalue weighted by atomic mass is 10.2. The van der Waals surface area contributed by atoms with E-state index in [1.165, 1.54) is 0 Å². The van der Waals surface area contributed by atoms with Crippen molar-refractivity contribution in [1.29, 1.82) is 0 Å². The van der Waals surface area contributed by atoms with Crippen molar-refractivity contribution >= 4 is 21.9 Å². The number of ether oxygens (including phenoxy) is 2. The van der Waals surface area contributed by atoms with E-state index < -0.39 is 5.60 Å². The Morgan fingerprint density at radius 1 is 1.33 bits per heavy atom. The first-order valence-corrected chi connectivity index (χ1v) is 6.48. The molecule has 0 atom stereocenters. The molecule has 0 spiro atoms. The van der Waals surface area contributed by atoms with Crippen LogP contribution in [0.2, 0.25) is 0 Å². The van der Waals surface area contributed by atoms with E-state index in [-0.39, 0.29) is 5.97 Å². The van der Waals surface area contributed by atoms with Crippen molar-refractivity contribution in [2.24, 2.45) is 0 Å². The van der Waals surface area contributed by atoms with Crippen molar-refractivity contribution in [3.05, 3.63) is 17.1 Å². The quantitative estimate of drug-likeness (QED) is 0.475. The molecule has 0 aliphatic heterocycles. The van der Waals surface area contributed by atoms with Crippen LogP contribution in [0.4, 0.5) is 0 Å². The SMILES string of the molecule is CC(C)(C)OC(=O)CCCOc1cnc(Br)nc1. The highest BCUT2D eigenvalue weighted by molar-refractivity contribution is 9.10. The highest BCUT2D eigenvalue weighted by atomic mass is 79.9. The molecule has 0 saturated carbocycles. The molecule has 1 aromatic heterocycles. The van der Waals surface area contributed by atoms with Gasteiger partial charge in [0, 0.05) is 6.42 Å². The lowest BCUT2D eigenvalue weighted by Gasteiger charge is -2.19. The fourth-order valence-electron chi connectivity index (χ4n) is 1.17. The summed E-state index contributed by atoms with van der Waals surface area (Å²) in [5.74, 6) is 0.376. The van der Waals surface area contributed by atoms with Gasteiger partial charge in [-0.3, -0.25) is 4.79 Å². The second-order valence-electron chi connectivity index (χ2n) is 4.73. The third-order valence-corrected chi connectivity index (χ3v) is 2.22. The Morgan fingerprint density at radius 3 is 2.50 bits per heavy atom. The van der Waals surface area contributed by atoms with Crippen molar-refractivity contribution in [2.75, 3.05) is 6.61 Å². The average molecular weight is 317 g/mol. The van der Waals surface area contributed by atoms with Crippen LogP contribution in [0.25, 0.3) is 0 Å². The van der Waals surface area contributed by atoms with Gasteiger partial charge in [0.1, 0.15) is 5.60 Å². The van der Waals surface area contributed by atoms with E-state index in [1.807, 2.05) is 20.8 Å². The topological polar surface area (TPSA) is 61.3 Å². The molecule has 0 bridgehead atoms. The largest absolute Gasteiger partial charge is 0.490 e. The number of rotatable bonds is 5. The summed E-state index contributed by atoms with van der Waals surface area (Å²) in [6.07, 6.45) is 4.09. The highest BCUT2D eigenvalue weighted by Gasteiger charge is 2.15. The van der Waals surface area contributed by atoms with Crippen molar-refractivity contribution < 1.29 is 14.3 Å². The van der Waals surface area contributed by atoms with Gasteiger partial charge in [-0.15, -0.1) is 0 Å². The zero-order chi connectivity index (χ0) is 13.6. The molecule has 18 heavy (non-hydrogen) atoms. The van der Waals surface area contributed by atoms with Gasteiger partial charge in [0.05, 0.1) is 19.0 Å². The van der Waals surface area contributed by atoms with Crippen LogP contribution in [0.3, 0.4) is 0 Å². The molecule has 0 aromatic carbocycles. The first-order valence-electron chi connectivity index (χ1n) is 5.69. The molecular formula is C12H17BrN2O3. The maximum Gasteiger partial charge on any atom is 0.306 e. The Hall–Kier alpha value is -1.17. The summed E-state index contributed by atoms with van der Waals surface area (Å²) in [6, 6.07) is 0. The van der Waals surface area contributed by atoms with Gasteiger partial charge in [-0.1, -0.05) is 0 Å². The fourth-order valence-corrected chi connectivity index (χ4v) is 1.38. The summed E-state index contributed by atoms with van der Waals surface area (Å²) in [5.41, 5.74) is -0.433. The number of esters is 1. The monoisotopic (exact) mass is 316 g/mol. The van der Waals surface area contributed by atoms with E-state index in [4.69, 9.17) is 9.47 Å². The molecule has 6 heteroatoms. The van der Waals surface area contributed by atoms with E-state index in [2.05, 4.69) is 25.9 Å². The normalized spacial score (nSPS) is 11.1. The van der Waals surface area contributed by atoms with E-state index in [9.17, 15) is 4.79 Å². The van der Waals surface area contributed by atoms with Gasteiger partial charge in [0.15, 0.2) is 10.5 Å². The number of carbonyl (C=O) groups is 1. The Labute approximate surface area is 115 Å². The van der Waals surface area contributed by atoms with Crippen LogP contribution in [-0.4, -0.2) is 28.1 Å². The number of halogens is 1. The molecule has 1 rings (SSSR count). The highest BCUT2D eigenvalue weighted by Crippen LogP contribution is 2.11. The number of hydrogen-bond donors (Lipinski definition) is 0. The molecule has 0 aliphatic rings. The van der Waals surface area contributed by atoms with Gasteiger partial charge < -0.3 is 9.47 Å². The van der Waals surface area contributed by atoms with Gasteiger partial charge in [-0.2, -0.15) is 0 Å². The van der Waals surface area contributed by atoms with Crippen LogP contribution < -0.4 is 4.74 Å². The maximum atomic E-state index is 11.4. The fraction of sp³-hybridized carbons (Fsp3) is 0.583. The third-order valence-electron chi connectivity index (χ3n) is 1.81. The molecule has 0 amide bonds. The predicted octanol–water partition coefficient (Wildman–Crippen LogP) is 2.74. The van der Waals surface area contributed by atoms with E-state index in [1.54, 1.807) is 12.4 Å². The molecule has 0 radical (unpaired) electrons. The number of carbonyl (C=O) groups excluding carboxylic acids is 1. The molecule has 5 nitrogen and oxygen atoms in total. The molecule has 0 N–H and O–H groups in total. The Bertz CT molecular complexity index is 387. The smallest absolute Gasteiger partial charge is 0.306 e. The lowest BCUT2D eigenvalue weighted by molar-refractivity contribution is -0.155. The van der Waals surface area contributed by atoms with Gasteiger partial charge in [0.25, 0.3) is 0 Å². The summed E-state index contributed by atoms with van der Waals surface area (Å²) in [4.78, 5) is 19.3. The number of nitrogens with zero attached hydrogens (tertiary/aromatic N) is 2. The summed E-state index contributed by atoms with van der Waals surface area (Å²) >= 11 is 3.14. The Balaban J connectivity index is 2.19. The minimum absolute atomic E-state index is 0.210. The van der Waals surface area contributed by atoms with Crippen LogP contribution >= 0.6 is 15.9 Å². The van der Waals surface area contributed by atoms with Crippen LogP contribution in [0.1, 0.15) is 33.6 Å². The van der Waals surface area contributed by atoms with Gasteiger partial charge >= 0.3 is 5.97 Å². The van der Waals surface area contributed by atoms with Crippen LogP contribution in [0.15, 0.2) is 17.1 Å².